The van der Waals surface area contributed by atoms with Crippen LogP contribution in [0.3, 0.4) is 0 Å². The van der Waals surface area contributed by atoms with E-state index in [2.05, 4.69) is 32.3 Å². The van der Waals surface area contributed by atoms with Gasteiger partial charge in [0.1, 0.15) is 5.82 Å². The molecule has 4 aromatic rings. The summed E-state index contributed by atoms with van der Waals surface area (Å²) in [6, 6.07) is 15.2. The van der Waals surface area contributed by atoms with Crippen LogP contribution in [0.25, 0.3) is 16.1 Å². The number of aromatic nitrogens is 4. The SMILES string of the molecule is FC(F)(F)c1nnc2ccc(N3CCN(Cc4ccc(-c5ccccc5Cl)s4)CC3)nn12. The van der Waals surface area contributed by atoms with E-state index in [4.69, 9.17) is 11.6 Å². The van der Waals surface area contributed by atoms with Crippen LogP contribution in [-0.4, -0.2) is 50.9 Å². The first-order valence-corrected chi connectivity index (χ1v) is 11.2. The van der Waals surface area contributed by atoms with Crippen LogP contribution in [-0.2, 0) is 12.7 Å². The van der Waals surface area contributed by atoms with Gasteiger partial charge in [0, 0.05) is 53.1 Å². The molecule has 0 N–H and O–H groups in total. The van der Waals surface area contributed by atoms with E-state index in [1.54, 1.807) is 17.4 Å². The van der Waals surface area contributed by atoms with Crippen LogP contribution in [0, 0.1) is 0 Å². The molecule has 1 aliphatic rings. The monoisotopic (exact) mass is 478 g/mol. The lowest BCUT2D eigenvalue weighted by Gasteiger charge is -2.35. The van der Waals surface area contributed by atoms with Crippen LogP contribution in [0.4, 0.5) is 19.0 Å². The Balaban J connectivity index is 1.25. The third-order valence-corrected chi connectivity index (χ3v) is 6.81. The van der Waals surface area contributed by atoms with Gasteiger partial charge >= 0.3 is 6.18 Å². The van der Waals surface area contributed by atoms with Crippen molar-refractivity contribution in [2.75, 3.05) is 31.1 Å². The fraction of sp³-hybridized carbons (Fsp3) is 0.286. The number of nitrogens with zero attached hydrogens (tertiary/aromatic N) is 6. The number of rotatable bonds is 4. The Morgan fingerprint density at radius 2 is 1.72 bits per heavy atom. The van der Waals surface area contributed by atoms with Crippen molar-refractivity contribution in [2.45, 2.75) is 12.7 Å². The lowest BCUT2D eigenvalue weighted by Crippen LogP contribution is -2.46. The molecular weight excluding hydrogens is 461 g/mol. The number of hydrogen-bond acceptors (Lipinski definition) is 6. The van der Waals surface area contributed by atoms with Crippen molar-refractivity contribution in [1.82, 2.24) is 24.7 Å². The van der Waals surface area contributed by atoms with Gasteiger partial charge in [-0.1, -0.05) is 29.8 Å². The van der Waals surface area contributed by atoms with E-state index in [0.29, 0.717) is 18.9 Å². The Morgan fingerprint density at radius 1 is 0.938 bits per heavy atom. The third kappa shape index (κ3) is 4.17. The summed E-state index contributed by atoms with van der Waals surface area (Å²) in [6.07, 6.45) is -4.60. The Kier molecular flexibility index (Phi) is 5.52. The summed E-state index contributed by atoms with van der Waals surface area (Å²) in [5.74, 6) is -0.625. The maximum absolute atomic E-state index is 13.1. The molecule has 6 nitrogen and oxygen atoms in total. The lowest BCUT2D eigenvalue weighted by atomic mass is 10.2. The summed E-state index contributed by atoms with van der Waals surface area (Å²) in [7, 11) is 0. The standard InChI is InChI=1S/C21H18ClF3N6S/c22-16-4-2-1-3-15(16)17-6-5-14(32-17)13-29-9-11-30(12-10-29)19-8-7-18-26-27-20(21(23,24)25)31(18)28-19/h1-8H,9-13H2. The summed E-state index contributed by atoms with van der Waals surface area (Å²) in [5.41, 5.74) is 1.11. The Bertz CT molecular complexity index is 1250. The molecule has 11 heteroatoms. The number of alkyl halides is 3. The quantitative estimate of drug-likeness (QED) is 0.420. The number of benzene rings is 1. The summed E-state index contributed by atoms with van der Waals surface area (Å²) in [6.45, 7) is 3.73. The van der Waals surface area contributed by atoms with Crippen LogP contribution in [0.5, 0.6) is 0 Å². The largest absolute Gasteiger partial charge is 0.453 e. The number of anilines is 1. The second-order valence-electron chi connectivity index (χ2n) is 7.49. The van der Waals surface area contributed by atoms with E-state index in [1.807, 2.05) is 29.2 Å². The Labute approximate surface area is 190 Å². The Morgan fingerprint density at radius 3 is 2.47 bits per heavy atom. The molecule has 0 aliphatic carbocycles. The van der Waals surface area contributed by atoms with Crippen LogP contribution < -0.4 is 4.90 Å². The van der Waals surface area contributed by atoms with Crippen LogP contribution >= 0.6 is 22.9 Å². The zero-order chi connectivity index (χ0) is 22.3. The molecule has 1 fully saturated rings. The molecule has 5 rings (SSSR count). The van der Waals surface area contributed by atoms with Crippen LogP contribution in [0.1, 0.15) is 10.7 Å². The number of fused-ring (bicyclic) bond motifs is 1. The molecule has 32 heavy (non-hydrogen) atoms. The molecule has 0 saturated carbocycles. The van der Waals surface area contributed by atoms with E-state index in [1.165, 1.54) is 10.9 Å². The highest BCUT2D eigenvalue weighted by Gasteiger charge is 2.37. The summed E-state index contributed by atoms with van der Waals surface area (Å²) in [5, 5.41) is 11.7. The summed E-state index contributed by atoms with van der Waals surface area (Å²) in [4.78, 5) is 6.69. The fourth-order valence-electron chi connectivity index (χ4n) is 3.75. The fourth-order valence-corrected chi connectivity index (χ4v) is 5.13. The van der Waals surface area contributed by atoms with Gasteiger partial charge in [0.15, 0.2) is 5.65 Å². The molecule has 0 unspecified atom stereocenters. The molecule has 166 valence electrons. The normalized spacial score (nSPS) is 15.6. The summed E-state index contributed by atoms with van der Waals surface area (Å²) < 4.78 is 40.1. The molecule has 1 saturated heterocycles. The molecule has 0 atom stereocenters. The highest BCUT2D eigenvalue weighted by atomic mass is 35.5. The number of piperazine rings is 1. The predicted octanol–water partition coefficient (Wildman–Crippen LogP) is 4.85. The van der Waals surface area contributed by atoms with Crippen molar-refractivity contribution in [3.63, 3.8) is 0 Å². The zero-order valence-electron chi connectivity index (χ0n) is 16.8. The number of thiophene rings is 1. The first-order chi connectivity index (χ1) is 15.4. The van der Waals surface area contributed by atoms with E-state index in [0.717, 1.165) is 39.6 Å². The molecule has 3 aromatic heterocycles. The minimum Gasteiger partial charge on any atom is -0.353 e. The molecule has 1 aromatic carbocycles. The maximum Gasteiger partial charge on any atom is 0.453 e. The molecule has 0 spiro atoms. The third-order valence-electron chi connectivity index (χ3n) is 5.38. The van der Waals surface area contributed by atoms with Gasteiger partial charge in [0.05, 0.1) is 0 Å². The van der Waals surface area contributed by atoms with E-state index in [-0.39, 0.29) is 5.65 Å². The molecule has 0 bridgehead atoms. The minimum absolute atomic E-state index is 0.0757. The van der Waals surface area contributed by atoms with Gasteiger partial charge in [-0.2, -0.15) is 17.7 Å². The van der Waals surface area contributed by atoms with Gasteiger partial charge in [0.2, 0.25) is 0 Å². The minimum atomic E-state index is -4.60. The Hall–Kier alpha value is -2.69. The topological polar surface area (TPSA) is 49.6 Å². The lowest BCUT2D eigenvalue weighted by molar-refractivity contribution is -0.146. The van der Waals surface area contributed by atoms with Crippen molar-refractivity contribution in [1.29, 1.82) is 0 Å². The van der Waals surface area contributed by atoms with Gasteiger partial charge in [-0.15, -0.1) is 26.6 Å². The summed E-state index contributed by atoms with van der Waals surface area (Å²) >= 11 is 8.03. The number of halogens is 4. The number of hydrogen-bond donors (Lipinski definition) is 0. The maximum atomic E-state index is 13.1. The van der Waals surface area contributed by atoms with Crippen LogP contribution in [0.2, 0.25) is 5.02 Å². The first-order valence-electron chi connectivity index (χ1n) is 9.99. The van der Waals surface area contributed by atoms with E-state index < -0.39 is 12.0 Å². The smallest absolute Gasteiger partial charge is 0.353 e. The highest BCUT2D eigenvalue weighted by molar-refractivity contribution is 7.15. The molecule has 0 radical (unpaired) electrons. The van der Waals surface area contributed by atoms with E-state index in [9.17, 15) is 13.2 Å². The van der Waals surface area contributed by atoms with Crippen molar-refractivity contribution >= 4 is 34.4 Å². The molecule has 4 heterocycles. The average Bonchev–Trinajstić information content (AvgIpc) is 3.41. The molecule has 0 amide bonds. The van der Waals surface area contributed by atoms with E-state index >= 15 is 0 Å². The van der Waals surface area contributed by atoms with Crippen molar-refractivity contribution in [3.8, 4) is 10.4 Å². The van der Waals surface area contributed by atoms with Crippen LogP contribution in [0.15, 0.2) is 48.5 Å². The van der Waals surface area contributed by atoms with Gasteiger partial charge in [-0.3, -0.25) is 4.90 Å². The van der Waals surface area contributed by atoms with Gasteiger partial charge in [-0.05, 0) is 30.3 Å². The van der Waals surface area contributed by atoms with Crippen molar-refractivity contribution in [3.05, 3.63) is 64.3 Å². The molecular formula is C21H18ClF3N6S. The van der Waals surface area contributed by atoms with Crippen molar-refractivity contribution in [2.24, 2.45) is 0 Å². The zero-order valence-corrected chi connectivity index (χ0v) is 18.3. The molecule has 1 aliphatic heterocycles. The predicted molar refractivity (Wildman–Crippen MR) is 118 cm³/mol. The second-order valence-corrected chi connectivity index (χ2v) is 9.07. The first kappa shape index (κ1) is 21.2. The highest BCUT2D eigenvalue weighted by Crippen LogP contribution is 2.34. The van der Waals surface area contributed by atoms with Crippen molar-refractivity contribution < 1.29 is 13.2 Å². The van der Waals surface area contributed by atoms with Gasteiger partial charge in [-0.25, -0.2) is 0 Å². The van der Waals surface area contributed by atoms with Gasteiger partial charge in [0.25, 0.3) is 5.82 Å². The van der Waals surface area contributed by atoms with Gasteiger partial charge < -0.3 is 4.90 Å². The average molecular weight is 479 g/mol. The second kappa shape index (κ2) is 8.34.